The number of hydrogen-bond donors (Lipinski definition) is 2. The van der Waals surface area contributed by atoms with E-state index >= 15 is 0 Å². The van der Waals surface area contributed by atoms with Crippen molar-refractivity contribution >= 4 is 35.8 Å². The first kappa shape index (κ1) is 19.1. The summed E-state index contributed by atoms with van der Waals surface area (Å²) >= 11 is 0.560. The molecule has 1 fully saturated rings. The van der Waals surface area contributed by atoms with Gasteiger partial charge in [0.1, 0.15) is 0 Å². The van der Waals surface area contributed by atoms with E-state index in [1.807, 2.05) is 0 Å². The molecule has 1 amide bonds. The Morgan fingerprint density at radius 2 is 2.05 bits per heavy atom. The van der Waals surface area contributed by atoms with Gasteiger partial charge in [-0.1, -0.05) is 12.1 Å². The van der Waals surface area contributed by atoms with Crippen LogP contribution in [0, 0.1) is 0 Å². The molecule has 1 aliphatic heterocycles. The zero-order chi connectivity index (χ0) is 15.5. The molecule has 1 aromatic rings. The Hall–Kier alpha value is -0.990. The van der Waals surface area contributed by atoms with Crippen molar-refractivity contribution in [2.75, 3.05) is 24.2 Å². The highest BCUT2D eigenvalue weighted by atomic mass is 35.5. The summed E-state index contributed by atoms with van der Waals surface area (Å²) in [5, 5.41) is 5.14. The number of halogens is 5. The van der Waals surface area contributed by atoms with Crippen LogP contribution in [0.25, 0.3) is 0 Å². The van der Waals surface area contributed by atoms with Crippen LogP contribution in [0.15, 0.2) is 29.2 Å². The van der Waals surface area contributed by atoms with Crippen molar-refractivity contribution in [3.63, 3.8) is 0 Å². The van der Waals surface area contributed by atoms with Crippen LogP contribution in [-0.2, 0) is 4.79 Å². The van der Waals surface area contributed by atoms with Crippen molar-refractivity contribution in [1.82, 2.24) is 5.32 Å². The second-order valence-corrected chi connectivity index (χ2v) is 5.76. The highest BCUT2D eigenvalue weighted by Crippen LogP contribution is 2.33. The third-order valence-corrected chi connectivity index (χ3v) is 4.18. The Morgan fingerprint density at radius 1 is 1.36 bits per heavy atom. The molecule has 1 heterocycles. The van der Waals surface area contributed by atoms with Gasteiger partial charge >= 0.3 is 6.18 Å². The minimum absolute atomic E-state index is 0. The first-order valence-electron chi connectivity index (χ1n) is 6.30. The summed E-state index contributed by atoms with van der Waals surface area (Å²) in [6, 6.07) is 6.06. The maximum absolute atomic E-state index is 14.2. The number of hydrogen-bond acceptors (Lipinski definition) is 3. The predicted molar refractivity (Wildman–Crippen MR) is 80.4 cm³/mol. The fraction of sp³-hybridized carbons (Fsp3) is 0.462. The number of carbonyl (C=O) groups excluding carboxylic acids is 1. The molecule has 1 aromatic carbocycles. The number of carbonyl (C=O) groups is 1. The third-order valence-electron chi connectivity index (χ3n) is 3.04. The smallest absolute Gasteiger partial charge is 0.322 e. The normalized spacial score (nSPS) is 21.3. The summed E-state index contributed by atoms with van der Waals surface area (Å²) in [5.74, 6) is -1.89. The van der Waals surface area contributed by atoms with Crippen LogP contribution >= 0.6 is 24.2 Å². The number of thioether (sulfide) groups is 1. The molecule has 2 rings (SSSR count). The van der Waals surface area contributed by atoms with E-state index in [2.05, 4.69) is 10.6 Å². The Balaban J connectivity index is 0.00000242. The van der Waals surface area contributed by atoms with Crippen molar-refractivity contribution in [1.29, 1.82) is 0 Å². The number of rotatable bonds is 4. The highest BCUT2D eigenvalue weighted by Gasteiger charge is 2.41. The average molecular weight is 359 g/mol. The van der Waals surface area contributed by atoms with Gasteiger partial charge in [-0.25, -0.2) is 4.39 Å². The summed E-state index contributed by atoms with van der Waals surface area (Å²) in [6.07, 6.45) is -4.25. The summed E-state index contributed by atoms with van der Waals surface area (Å²) in [5.41, 5.74) is -1.82. The molecule has 0 aromatic heterocycles. The van der Waals surface area contributed by atoms with Crippen molar-refractivity contribution in [3.8, 4) is 0 Å². The molecule has 2 N–H and O–H groups in total. The van der Waals surface area contributed by atoms with Gasteiger partial charge < -0.3 is 10.6 Å². The second-order valence-electron chi connectivity index (χ2n) is 4.75. The predicted octanol–water partition coefficient (Wildman–Crippen LogP) is 3.40. The molecule has 9 heteroatoms. The first-order chi connectivity index (χ1) is 9.80. The maximum atomic E-state index is 14.2. The largest absolute Gasteiger partial charge is 0.398 e. The molecule has 1 saturated heterocycles. The van der Waals surface area contributed by atoms with E-state index in [1.54, 1.807) is 12.1 Å². The fourth-order valence-corrected chi connectivity index (χ4v) is 2.71. The summed E-state index contributed by atoms with van der Waals surface area (Å²) in [7, 11) is 0. The van der Waals surface area contributed by atoms with Crippen LogP contribution in [-0.4, -0.2) is 36.6 Å². The Bertz CT molecular complexity index is 521. The molecular weight excluding hydrogens is 344 g/mol. The maximum Gasteiger partial charge on any atom is 0.398 e. The van der Waals surface area contributed by atoms with Crippen LogP contribution < -0.4 is 10.6 Å². The Morgan fingerprint density at radius 3 is 2.64 bits per heavy atom. The highest BCUT2D eigenvalue weighted by molar-refractivity contribution is 7.99. The molecule has 3 nitrogen and oxygen atoms in total. The second kappa shape index (κ2) is 7.52. The van der Waals surface area contributed by atoms with Gasteiger partial charge in [0.15, 0.2) is 0 Å². The quantitative estimate of drug-likeness (QED) is 0.640. The summed E-state index contributed by atoms with van der Waals surface area (Å²) < 4.78 is 51.0. The number of nitrogens with one attached hydrogen (secondary N) is 2. The molecule has 1 atom stereocenters. The summed E-state index contributed by atoms with van der Waals surface area (Å²) in [4.78, 5) is 12.2. The summed E-state index contributed by atoms with van der Waals surface area (Å²) in [6.45, 7) is 0.311. The van der Waals surface area contributed by atoms with Gasteiger partial charge in [-0.05, 0) is 18.7 Å². The monoisotopic (exact) mass is 358 g/mol. The number of benzene rings is 1. The minimum Gasteiger partial charge on any atom is -0.322 e. The molecule has 0 aliphatic carbocycles. The average Bonchev–Trinajstić information content (AvgIpc) is 2.85. The van der Waals surface area contributed by atoms with Crippen LogP contribution in [0.3, 0.4) is 0 Å². The molecule has 0 saturated carbocycles. The number of para-hydroxylation sites is 1. The lowest BCUT2D eigenvalue weighted by molar-refractivity contribution is -0.126. The topological polar surface area (TPSA) is 41.1 Å². The standard InChI is InChI=1S/C13H14F4N2OS.ClH/c14-12(5-6-18-7-12)11(20)19-9-3-1-2-4-10(9)21-8-13(15,16)17;/h1-4,18H,5-8H2,(H,19,20);1H. The molecule has 124 valence electrons. The lowest BCUT2D eigenvalue weighted by Gasteiger charge is -2.19. The minimum atomic E-state index is -4.31. The molecule has 1 unspecified atom stereocenters. The zero-order valence-electron chi connectivity index (χ0n) is 11.4. The van der Waals surface area contributed by atoms with Crippen molar-refractivity contribution < 1.29 is 22.4 Å². The van der Waals surface area contributed by atoms with Crippen LogP contribution in [0.1, 0.15) is 6.42 Å². The van der Waals surface area contributed by atoms with Crippen molar-refractivity contribution in [2.45, 2.75) is 23.2 Å². The van der Waals surface area contributed by atoms with E-state index in [1.165, 1.54) is 12.1 Å². The van der Waals surface area contributed by atoms with Crippen LogP contribution in [0.4, 0.5) is 23.2 Å². The number of amides is 1. The Labute approximate surface area is 135 Å². The molecule has 0 radical (unpaired) electrons. The van der Waals surface area contributed by atoms with Gasteiger partial charge in [0, 0.05) is 17.9 Å². The molecular formula is C13H15ClF4N2OS. The SMILES string of the molecule is Cl.O=C(Nc1ccccc1SCC(F)(F)F)C1(F)CCNC1. The van der Waals surface area contributed by atoms with E-state index in [4.69, 9.17) is 0 Å². The van der Waals surface area contributed by atoms with E-state index < -0.39 is 23.5 Å². The molecule has 1 aliphatic rings. The first-order valence-corrected chi connectivity index (χ1v) is 7.28. The van der Waals surface area contributed by atoms with E-state index in [9.17, 15) is 22.4 Å². The zero-order valence-corrected chi connectivity index (χ0v) is 13.0. The van der Waals surface area contributed by atoms with E-state index in [0.29, 0.717) is 18.3 Å². The molecule has 22 heavy (non-hydrogen) atoms. The van der Waals surface area contributed by atoms with Gasteiger partial charge in [-0.3, -0.25) is 4.79 Å². The van der Waals surface area contributed by atoms with Crippen molar-refractivity contribution in [2.24, 2.45) is 0 Å². The van der Waals surface area contributed by atoms with Gasteiger partial charge in [-0.2, -0.15) is 13.2 Å². The lowest BCUT2D eigenvalue weighted by Crippen LogP contribution is -2.40. The van der Waals surface area contributed by atoms with Crippen molar-refractivity contribution in [3.05, 3.63) is 24.3 Å². The lowest BCUT2D eigenvalue weighted by atomic mass is 10.0. The van der Waals surface area contributed by atoms with E-state index in [0.717, 1.165) is 0 Å². The van der Waals surface area contributed by atoms with E-state index in [-0.39, 0.29) is 36.0 Å². The van der Waals surface area contributed by atoms with Gasteiger partial charge in [-0.15, -0.1) is 24.2 Å². The van der Waals surface area contributed by atoms with Gasteiger partial charge in [0.2, 0.25) is 5.67 Å². The number of anilines is 1. The van der Waals surface area contributed by atoms with Gasteiger partial charge in [0.25, 0.3) is 5.91 Å². The van der Waals surface area contributed by atoms with Gasteiger partial charge in [0.05, 0.1) is 11.4 Å². The number of alkyl halides is 4. The Kier molecular flexibility index (Phi) is 6.51. The fourth-order valence-electron chi connectivity index (χ4n) is 1.94. The molecule has 0 bridgehead atoms. The van der Waals surface area contributed by atoms with Crippen LogP contribution in [0.5, 0.6) is 0 Å². The molecule has 0 spiro atoms. The van der Waals surface area contributed by atoms with Crippen LogP contribution in [0.2, 0.25) is 0 Å². The third kappa shape index (κ3) is 5.03.